The van der Waals surface area contributed by atoms with E-state index in [1.807, 2.05) is 12.1 Å². The summed E-state index contributed by atoms with van der Waals surface area (Å²) in [5.41, 5.74) is 4.46. The van der Waals surface area contributed by atoms with Crippen LogP contribution in [-0.4, -0.2) is 77.4 Å². The molecule has 3 aliphatic heterocycles. The minimum Gasteiger partial charge on any atom is -0.474 e. The molecule has 3 saturated carbocycles. The van der Waals surface area contributed by atoms with Crippen molar-refractivity contribution < 1.29 is 27.6 Å². The summed E-state index contributed by atoms with van der Waals surface area (Å²) in [4.78, 5) is 42.1. The molecule has 15 nitrogen and oxygen atoms in total. The van der Waals surface area contributed by atoms with Gasteiger partial charge in [-0.2, -0.15) is 13.4 Å². The van der Waals surface area contributed by atoms with Crippen molar-refractivity contribution in [1.29, 1.82) is 0 Å². The molecule has 61 heavy (non-hydrogen) atoms. The smallest absolute Gasteiger partial charge is 0.300 e. The first-order valence-corrected chi connectivity index (χ1v) is 23.1. The minimum absolute atomic E-state index is 0.0315. The van der Waals surface area contributed by atoms with E-state index in [1.165, 1.54) is 51.3 Å². The van der Waals surface area contributed by atoms with Gasteiger partial charge in [-0.05, 0) is 123 Å². The third kappa shape index (κ3) is 7.22. The fourth-order valence-electron chi connectivity index (χ4n) is 10.4. The molecule has 3 aromatic heterocycles. The van der Waals surface area contributed by atoms with Crippen molar-refractivity contribution >= 4 is 44.0 Å². The normalized spacial score (nSPS) is 22.6. The Morgan fingerprint density at radius 1 is 0.984 bits per heavy atom. The zero-order chi connectivity index (χ0) is 41.5. The van der Waals surface area contributed by atoms with E-state index in [2.05, 4.69) is 59.1 Å². The Kier molecular flexibility index (Phi) is 9.22. The number of aromatic amines is 1. The second kappa shape index (κ2) is 14.7. The van der Waals surface area contributed by atoms with Gasteiger partial charge < -0.3 is 24.7 Å². The SMILES string of the molecule is O=C(NS(=O)(=O)c1cc([N+](=O)[O-])c2c(n1)OC[C@H](C1CC1)N2)c1ccc(N2CCC3(CC2)CC(N2CCC[C@@H]2c2ccccc2C2CC2)C3)cc1Oc1cnc2[nH]ccc2c1. The van der Waals surface area contributed by atoms with Crippen LogP contribution in [0.3, 0.4) is 0 Å². The van der Waals surface area contributed by atoms with E-state index in [9.17, 15) is 23.3 Å². The number of pyridine rings is 2. The molecule has 2 atom stereocenters. The van der Waals surface area contributed by atoms with Crippen molar-refractivity contribution in [3.05, 3.63) is 99.9 Å². The topological polar surface area (TPSA) is 185 Å². The molecule has 0 unspecified atom stereocenters. The van der Waals surface area contributed by atoms with Crippen molar-refractivity contribution in [3.63, 3.8) is 0 Å². The lowest BCUT2D eigenvalue weighted by Crippen LogP contribution is -2.54. The van der Waals surface area contributed by atoms with Gasteiger partial charge in [0.05, 0.1) is 28.8 Å². The first-order valence-electron chi connectivity index (χ1n) is 21.6. The van der Waals surface area contributed by atoms with Gasteiger partial charge in [-0.25, -0.2) is 9.71 Å². The number of nitrogens with zero attached hydrogens (tertiary/aromatic N) is 5. The number of fused-ring (bicyclic) bond motifs is 2. The third-order valence-corrected chi connectivity index (χ3v) is 15.2. The van der Waals surface area contributed by atoms with E-state index in [-0.39, 0.29) is 35.5 Å². The van der Waals surface area contributed by atoms with Crippen LogP contribution in [0.2, 0.25) is 0 Å². The zero-order valence-corrected chi connectivity index (χ0v) is 34.5. The maximum Gasteiger partial charge on any atom is 0.300 e. The highest BCUT2D eigenvalue weighted by Gasteiger charge is 2.50. The van der Waals surface area contributed by atoms with E-state index in [0.717, 1.165) is 61.8 Å². The molecule has 1 amide bonds. The summed E-state index contributed by atoms with van der Waals surface area (Å²) >= 11 is 0. The molecule has 0 radical (unpaired) electrons. The van der Waals surface area contributed by atoms with E-state index < -0.39 is 31.6 Å². The van der Waals surface area contributed by atoms with Gasteiger partial charge in [0.2, 0.25) is 5.88 Å². The maximum atomic E-state index is 14.0. The molecule has 6 heterocycles. The summed E-state index contributed by atoms with van der Waals surface area (Å²) in [6, 6.07) is 19.8. The number of benzene rings is 2. The van der Waals surface area contributed by atoms with Crippen LogP contribution in [-0.2, 0) is 10.0 Å². The summed E-state index contributed by atoms with van der Waals surface area (Å²) in [6.07, 6.45) is 14.9. The van der Waals surface area contributed by atoms with Crippen LogP contribution in [0, 0.1) is 21.4 Å². The standard InChI is InChI=1S/C45H48N8O7S/c54-43(50-61(57,58)40-22-38(53(55)56)41-44(49-40)59-26-36(48-41)28-9-10-28)35-12-11-30(21-39(35)60-32-20-29-13-16-46-42(29)47-25-32)51-18-14-45(15-19-51)23-31(24-45)52-17-3-6-37(52)34-5-2-1-4-33(34)27-7-8-27/h1-2,4-5,11-13,16,20-22,25,27-28,31,36-37,48H,3,6-10,14-15,17-19,23-24,26H2,(H,46,47)(H,50,54)/t36-,37-/m1/s1. The number of amides is 1. The Balaban J connectivity index is 0.813. The van der Waals surface area contributed by atoms with Crippen molar-refractivity contribution in [3.8, 4) is 17.4 Å². The average molecular weight is 845 g/mol. The Hall–Kier alpha value is -5.74. The Labute approximate surface area is 353 Å². The van der Waals surface area contributed by atoms with Gasteiger partial charge in [-0.15, -0.1) is 0 Å². The van der Waals surface area contributed by atoms with Crippen molar-refractivity contribution in [2.75, 3.05) is 36.5 Å². The van der Waals surface area contributed by atoms with Crippen molar-refractivity contribution in [1.82, 2.24) is 24.6 Å². The third-order valence-electron chi connectivity index (χ3n) is 14.0. The number of piperidine rings is 1. The van der Waals surface area contributed by atoms with Gasteiger partial charge in [-0.3, -0.25) is 19.8 Å². The van der Waals surface area contributed by atoms with Gasteiger partial charge in [-0.1, -0.05) is 24.3 Å². The number of hydrogen-bond donors (Lipinski definition) is 3. The predicted octanol–water partition coefficient (Wildman–Crippen LogP) is 7.82. The van der Waals surface area contributed by atoms with Crippen LogP contribution < -0.4 is 24.4 Å². The highest BCUT2D eigenvalue weighted by molar-refractivity contribution is 7.90. The van der Waals surface area contributed by atoms with Crippen LogP contribution in [0.15, 0.2) is 78.1 Å². The summed E-state index contributed by atoms with van der Waals surface area (Å²) in [7, 11) is -4.71. The molecule has 0 bridgehead atoms. The van der Waals surface area contributed by atoms with E-state index in [4.69, 9.17) is 9.47 Å². The number of H-pyrrole nitrogens is 1. The summed E-state index contributed by atoms with van der Waals surface area (Å²) < 4.78 is 41.6. The fourth-order valence-corrected chi connectivity index (χ4v) is 11.4. The number of carbonyl (C=O) groups is 1. The zero-order valence-electron chi connectivity index (χ0n) is 33.7. The molecule has 6 aliphatic rings. The number of carbonyl (C=O) groups excluding carboxylic acids is 1. The van der Waals surface area contributed by atoms with Gasteiger partial charge in [0.1, 0.15) is 23.8 Å². The number of hydrogen-bond acceptors (Lipinski definition) is 12. The Bertz CT molecular complexity index is 2660. The first-order chi connectivity index (χ1) is 29.6. The molecule has 316 valence electrons. The molecule has 5 fully saturated rings. The van der Waals surface area contributed by atoms with Crippen LogP contribution in [0.1, 0.15) is 97.7 Å². The second-order valence-corrected chi connectivity index (χ2v) is 19.6. The lowest BCUT2D eigenvalue weighted by molar-refractivity contribution is -0.384. The number of likely N-dealkylation sites (tertiary alicyclic amines) is 1. The summed E-state index contributed by atoms with van der Waals surface area (Å²) in [5.74, 6) is 0.394. The number of anilines is 2. The highest BCUT2D eigenvalue weighted by atomic mass is 32.2. The number of sulfonamides is 1. The molecule has 2 saturated heterocycles. The molecule has 3 N–H and O–H groups in total. The number of ether oxygens (including phenoxy) is 2. The molecular formula is C45H48N8O7S. The summed E-state index contributed by atoms with van der Waals surface area (Å²) in [6.45, 7) is 3.06. The lowest BCUT2D eigenvalue weighted by Gasteiger charge is -2.56. The quantitative estimate of drug-likeness (QED) is 0.0867. The van der Waals surface area contributed by atoms with E-state index in [1.54, 1.807) is 35.5 Å². The molecule has 3 aliphatic carbocycles. The van der Waals surface area contributed by atoms with Crippen LogP contribution in [0.4, 0.5) is 17.1 Å². The maximum absolute atomic E-state index is 14.0. The minimum atomic E-state index is -4.71. The van der Waals surface area contributed by atoms with E-state index in [0.29, 0.717) is 34.8 Å². The average Bonchev–Trinajstić information content (AvgIpc) is 4.19. The fraction of sp³-hybridized carbons (Fsp3) is 0.444. The molecule has 5 aromatic rings. The first kappa shape index (κ1) is 38.2. The van der Waals surface area contributed by atoms with E-state index >= 15 is 0 Å². The van der Waals surface area contributed by atoms with Crippen LogP contribution in [0.25, 0.3) is 11.0 Å². The second-order valence-electron chi connectivity index (χ2n) is 18.0. The number of nitro groups is 1. The Morgan fingerprint density at radius 2 is 1.79 bits per heavy atom. The molecule has 11 rings (SSSR count). The van der Waals surface area contributed by atoms with Gasteiger partial charge in [0.25, 0.3) is 15.9 Å². The van der Waals surface area contributed by atoms with Gasteiger partial charge >= 0.3 is 5.69 Å². The monoisotopic (exact) mass is 844 g/mol. The van der Waals surface area contributed by atoms with Crippen molar-refractivity contribution in [2.45, 2.75) is 93.3 Å². The highest BCUT2D eigenvalue weighted by Crippen LogP contribution is 2.55. The summed E-state index contributed by atoms with van der Waals surface area (Å²) in [5, 5.41) is 15.3. The lowest BCUT2D eigenvalue weighted by atomic mass is 9.59. The van der Waals surface area contributed by atoms with Crippen LogP contribution in [0.5, 0.6) is 17.4 Å². The largest absolute Gasteiger partial charge is 0.474 e. The number of rotatable bonds is 11. The van der Waals surface area contributed by atoms with Crippen molar-refractivity contribution in [2.24, 2.45) is 11.3 Å². The number of aromatic nitrogens is 3. The van der Waals surface area contributed by atoms with Gasteiger partial charge in [0, 0.05) is 48.5 Å². The van der Waals surface area contributed by atoms with Gasteiger partial charge in [0.15, 0.2) is 10.7 Å². The molecular weight excluding hydrogens is 797 g/mol. The molecule has 16 heteroatoms. The molecule has 2 aromatic carbocycles. The predicted molar refractivity (Wildman–Crippen MR) is 228 cm³/mol. The van der Waals surface area contributed by atoms with Crippen LogP contribution >= 0.6 is 0 Å². The number of nitrogens with one attached hydrogen (secondary N) is 3. The Morgan fingerprint density at radius 3 is 2.56 bits per heavy atom. The molecule has 1 spiro atoms.